The van der Waals surface area contributed by atoms with E-state index in [0.717, 1.165) is 12.1 Å². The SMILES string of the molecule is COC(=O)C(CC(C)C)NC(=O)c1ccc(O)cc1F. The summed E-state index contributed by atoms with van der Waals surface area (Å²) in [6.07, 6.45) is 0.387. The molecule has 0 radical (unpaired) electrons. The van der Waals surface area contributed by atoms with E-state index in [-0.39, 0.29) is 17.2 Å². The fourth-order valence-corrected chi connectivity index (χ4v) is 1.75. The van der Waals surface area contributed by atoms with Crippen molar-refractivity contribution in [3.8, 4) is 5.75 Å². The van der Waals surface area contributed by atoms with Crippen molar-refractivity contribution < 1.29 is 23.8 Å². The van der Waals surface area contributed by atoms with Crippen LogP contribution in [0.2, 0.25) is 0 Å². The molecule has 110 valence electrons. The van der Waals surface area contributed by atoms with Crippen molar-refractivity contribution in [1.82, 2.24) is 5.32 Å². The first-order valence-electron chi connectivity index (χ1n) is 6.22. The van der Waals surface area contributed by atoms with Crippen molar-refractivity contribution in [3.05, 3.63) is 29.6 Å². The van der Waals surface area contributed by atoms with Gasteiger partial charge in [0.1, 0.15) is 17.6 Å². The quantitative estimate of drug-likeness (QED) is 0.809. The van der Waals surface area contributed by atoms with Gasteiger partial charge in [-0.2, -0.15) is 0 Å². The third-order valence-corrected chi connectivity index (χ3v) is 2.70. The normalized spacial score (nSPS) is 12.1. The smallest absolute Gasteiger partial charge is 0.328 e. The highest BCUT2D eigenvalue weighted by Crippen LogP contribution is 2.15. The maximum atomic E-state index is 13.6. The van der Waals surface area contributed by atoms with Crippen molar-refractivity contribution in [1.29, 1.82) is 0 Å². The van der Waals surface area contributed by atoms with Gasteiger partial charge in [0.15, 0.2) is 0 Å². The van der Waals surface area contributed by atoms with Gasteiger partial charge in [0.05, 0.1) is 12.7 Å². The first-order valence-corrected chi connectivity index (χ1v) is 6.22. The molecule has 0 spiro atoms. The number of amides is 1. The van der Waals surface area contributed by atoms with Crippen LogP contribution in [0, 0.1) is 11.7 Å². The first-order chi connectivity index (χ1) is 9.35. The number of ether oxygens (including phenoxy) is 1. The van der Waals surface area contributed by atoms with E-state index in [1.54, 1.807) is 0 Å². The number of halogens is 1. The van der Waals surface area contributed by atoms with E-state index < -0.39 is 23.7 Å². The van der Waals surface area contributed by atoms with Crippen molar-refractivity contribution >= 4 is 11.9 Å². The van der Waals surface area contributed by atoms with Gasteiger partial charge in [-0.05, 0) is 24.5 Å². The number of phenols is 1. The van der Waals surface area contributed by atoms with Crippen LogP contribution in [-0.4, -0.2) is 30.1 Å². The van der Waals surface area contributed by atoms with Gasteiger partial charge in [-0.15, -0.1) is 0 Å². The average Bonchev–Trinajstić information content (AvgIpc) is 2.36. The summed E-state index contributed by atoms with van der Waals surface area (Å²) in [5.41, 5.74) is -0.236. The minimum atomic E-state index is -0.851. The number of hydrogen-bond donors (Lipinski definition) is 2. The molecule has 1 rings (SSSR count). The van der Waals surface area contributed by atoms with E-state index in [2.05, 4.69) is 10.1 Å². The van der Waals surface area contributed by atoms with Crippen LogP contribution in [0.5, 0.6) is 5.75 Å². The van der Waals surface area contributed by atoms with Crippen molar-refractivity contribution in [2.24, 2.45) is 5.92 Å². The molecule has 0 heterocycles. The molecule has 0 bridgehead atoms. The summed E-state index contributed by atoms with van der Waals surface area (Å²) in [4.78, 5) is 23.5. The predicted molar refractivity (Wildman–Crippen MR) is 70.8 cm³/mol. The summed E-state index contributed by atoms with van der Waals surface area (Å²) >= 11 is 0. The molecule has 0 aliphatic heterocycles. The summed E-state index contributed by atoms with van der Waals surface area (Å²) in [5, 5.41) is 11.5. The number of esters is 1. The molecule has 0 aromatic heterocycles. The molecule has 1 atom stereocenters. The Morgan fingerprint density at radius 3 is 2.55 bits per heavy atom. The van der Waals surface area contributed by atoms with Crippen LogP contribution >= 0.6 is 0 Å². The van der Waals surface area contributed by atoms with Gasteiger partial charge < -0.3 is 15.2 Å². The molecule has 20 heavy (non-hydrogen) atoms. The molecule has 1 aromatic carbocycles. The summed E-state index contributed by atoms with van der Waals surface area (Å²) in [7, 11) is 1.23. The summed E-state index contributed by atoms with van der Waals surface area (Å²) in [6.45, 7) is 3.78. The lowest BCUT2D eigenvalue weighted by atomic mass is 10.0. The number of aromatic hydroxyl groups is 1. The van der Waals surface area contributed by atoms with E-state index in [1.165, 1.54) is 13.2 Å². The Bertz CT molecular complexity index is 502. The van der Waals surface area contributed by atoms with Crippen LogP contribution in [0.4, 0.5) is 4.39 Å². The van der Waals surface area contributed by atoms with E-state index in [4.69, 9.17) is 5.11 Å². The average molecular weight is 283 g/mol. The predicted octanol–water partition coefficient (Wildman–Crippen LogP) is 1.85. The van der Waals surface area contributed by atoms with Crippen LogP contribution in [0.15, 0.2) is 18.2 Å². The monoisotopic (exact) mass is 283 g/mol. The lowest BCUT2D eigenvalue weighted by molar-refractivity contribution is -0.143. The van der Waals surface area contributed by atoms with Crippen molar-refractivity contribution in [3.63, 3.8) is 0 Å². The van der Waals surface area contributed by atoms with Gasteiger partial charge in [-0.25, -0.2) is 9.18 Å². The van der Waals surface area contributed by atoms with Crippen LogP contribution in [0.1, 0.15) is 30.6 Å². The van der Waals surface area contributed by atoms with Crippen molar-refractivity contribution in [2.75, 3.05) is 7.11 Å². The number of carbonyl (C=O) groups is 2. The van der Waals surface area contributed by atoms with E-state index in [9.17, 15) is 14.0 Å². The van der Waals surface area contributed by atoms with Gasteiger partial charge >= 0.3 is 5.97 Å². The highest BCUT2D eigenvalue weighted by molar-refractivity contribution is 5.97. The standard InChI is InChI=1S/C14H18FNO4/c1-8(2)6-12(14(19)20-3)16-13(18)10-5-4-9(17)7-11(10)15/h4-5,7-8,12,17H,6H2,1-3H3,(H,16,18). The van der Waals surface area contributed by atoms with Gasteiger partial charge in [0.25, 0.3) is 5.91 Å². The maximum absolute atomic E-state index is 13.6. The highest BCUT2D eigenvalue weighted by Gasteiger charge is 2.24. The Kier molecular flexibility index (Phi) is 5.49. The van der Waals surface area contributed by atoms with Crippen LogP contribution in [-0.2, 0) is 9.53 Å². The molecular weight excluding hydrogens is 265 g/mol. The lowest BCUT2D eigenvalue weighted by Crippen LogP contribution is -2.42. The molecule has 5 nitrogen and oxygen atoms in total. The molecule has 1 aromatic rings. The number of nitrogens with one attached hydrogen (secondary N) is 1. The second-order valence-corrected chi connectivity index (χ2v) is 4.84. The Hall–Kier alpha value is -2.11. The fourth-order valence-electron chi connectivity index (χ4n) is 1.75. The zero-order valence-electron chi connectivity index (χ0n) is 11.6. The maximum Gasteiger partial charge on any atom is 0.328 e. The highest BCUT2D eigenvalue weighted by atomic mass is 19.1. The number of hydrogen-bond acceptors (Lipinski definition) is 4. The molecule has 0 aliphatic carbocycles. The third kappa shape index (κ3) is 4.22. The van der Waals surface area contributed by atoms with Gasteiger partial charge in [0.2, 0.25) is 0 Å². The molecule has 1 amide bonds. The minimum absolute atomic E-state index is 0.157. The third-order valence-electron chi connectivity index (χ3n) is 2.70. The molecule has 0 aliphatic rings. The van der Waals surface area contributed by atoms with Crippen LogP contribution in [0.3, 0.4) is 0 Å². The molecule has 2 N–H and O–H groups in total. The number of benzene rings is 1. The van der Waals surface area contributed by atoms with Gasteiger partial charge in [-0.1, -0.05) is 13.8 Å². The Morgan fingerprint density at radius 2 is 2.05 bits per heavy atom. The van der Waals surface area contributed by atoms with Crippen LogP contribution in [0.25, 0.3) is 0 Å². The number of phenolic OH excluding ortho intramolecular Hbond substituents is 1. The molecule has 1 unspecified atom stereocenters. The Morgan fingerprint density at radius 1 is 1.40 bits per heavy atom. The second-order valence-electron chi connectivity index (χ2n) is 4.84. The largest absolute Gasteiger partial charge is 0.508 e. The number of methoxy groups -OCH3 is 1. The minimum Gasteiger partial charge on any atom is -0.508 e. The summed E-state index contributed by atoms with van der Waals surface area (Å²) in [6, 6.07) is 2.36. The molecule has 0 fully saturated rings. The van der Waals surface area contributed by atoms with Crippen molar-refractivity contribution in [2.45, 2.75) is 26.3 Å². The van der Waals surface area contributed by atoms with Gasteiger partial charge in [-0.3, -0.25) is 4.79 Å². The first kappa shape index (κ1) is 15.9. The number of carbonyl (C=O) groups excluding carboxylic acids is 2. The molecule has 0 saturated carbocycles. The number of rotatable bonds is 5. The Labute approximate surface area is 116 Å². The lowest BCUT2D eigenvalue weighted by Gasteiger charge is -2.18. The van der Waals surface area contributed by atoms with Crippen LogP contribution < -0.4 is 5.32 Å². The summed E-state index contributed by atoms with van der Waals surface area (Å²) < 4.78 is 18.2. The second kappa shape index (κ2) is 6.88. The zero-order valence-corrected chi connectivity index (χ0v) is 11.6. The molecule has 6 heteroatoms. The Balaban J connectivity index is 2.87. The van der Waals surface area contributed by atoms with E-state index in [1.807, 2.05) is 13.8 Å². The topological polar surface area (TPSA) is 75.6 Å². The van der Waals surface area contributed by atoms with E-state index in [0.29, 0.717) is 6.42 Å². The zero-order chi connectivity index (χ0) is 15.3. The fraction of sp³-hybridized carbons (Fsp3) is 0.429. The molecule has 0 saturated heterocycles. The van der Waals surface area contributed by atoms with E-state index >= 15 is 0 Å². The summed E-state index contributed by atoms with van der Waals surface area (Å²) in [5.74, 6) is -2.27. The molecular formula is C14H18FNO4. The van der Waals surface area contributed by atoms with Gasteiger partial charge in [0, 0.05) is 6.07 Å².